The fraction of sp³-hybridized carbons (Fsp3) is 0.455. The van der Waals surface area contributed by atoms with Crippen molar-refractivity contribution in [2.45, 2.75) is 19.1 Å². The molecule has 1 atom stereocenters. The average molecular weight is 411 g/mol. The van der Waals surface area contributed by atoms with Crippen LogP contribution in [0.25, 0.3) is 0 Å². The summed E-state index contributed by atoms with van der Waals surface area (Å²) in [5, 5.41) is 0. The van der Waals surface area contributed by atoms with Gasteiger partial charge in [0.05, 0.1) is 18.8 Å². The summed E-state index contributed by atoms with van der Waals surface area (Å²) in [4.78, 5) is 21.4. The molecule has 0 spiro atoms. The van der Waals surface area contributed by atoms with E-state index < -0.39 is 0 Å². The summed E-state index contributed by atoms with van der Waals surface area (Å²) in [7, 11) is 0. The van der Waals surface area contributed by atoms with E-state index in [1.54, 1.807) is 18.3 Å². The number of piperazine rings is 1. The molecule has 3 aliphatic heterocycles. The summed E-state index contributed by atoms with van der Waals surface area (Å²) in [6, 6.07) is 9.61. The third-order valence-electron chi connectivity index (χ3n) is 5.66. The van der Waals surface area contributed by atoms with Gasteiger partial charge in [-0.3, -0.25) is 9.69 Å². The van der Waals surface area contributed by atoms with Crippen LogP contribution in [-0.4, -0.2) is 73.0 Å². The Balaban J connectivity index is 1.13. The second-order valence-corrected chi connectivity index (χ2v) is 7.74. The van der Waals surface area contributed by atoms with E-state index in [0.717, 1.165) is 44.2 Å². The third kappa shape index (κ3) is 4.20. The number of nitrogens with zero attached hydrogens (tertiary/aromatic N) is 3. The Morgan fingerprint density at radius 1 is 1.10 bits per heavy atom. The third-order valence-corrected chi connectivity index (χ3v) is 5.66. The average Bonchev–Trinajstić information content (AvgIpc) is 3.46. The normalized spacial score (nSPS) is 21.1. The van der Waals surface area contributed by atoms with Gasteiger partial charge < -0.3 is 23.8 Å². The number of carbonyl (C=O) groups excluding carboxylic acids is 1. The van der Waals surface area contributed by atoms with Gasteiger partial charge in [-0.15, -0.1) is 0 Å². The van der Waals surface area contributed by atoms with Gasteiger partial charge in [0.15, 0.2) is 11.5 Å². The van der Waals surface area contributed by atoms with Crippen LogP contribution in [0.5, 0.6) is 17.4 Å². The van der Waals surface area contributed by atoms with Crippen molar-refractivity contribution in [3.63, 3.8) is 0 Å². The molecule has 1 amide bonds. The first kappa shape index (κ1) is 19.1. The number of pyridine rings is 1. The second kappa shape index (κ2) is 8.49. The van der Waals surface area contributed by atoms with Crippen molar-refractivity contribution in [1.29, 1.82) is 0 Å². The van der Waals surface area contributed by atoms with Crippen LogP contribution in [0.2, 0.25) is 0 Å². The minimum atomic E-state index is 0.0148. The highest BCUT2D eigenvalue weighted by Crippen LogP contribution is 2.32. The Hall–Kier alpha value is -2.84. The SMILES string of the molecule is O=C(c1ccc(OC2CCOC2)nc1)N1CCN(Cc2ccc3c(c2)OCO3)CC1. The van der Waals surface area contributed by atoms with Gasteiger partial charge in [0.25, 0.3) is 5.91 Å². The maximum absolute atomic E-state index is 12.8. The fourth-order valence-electron chi connectivity index (χ4n) is 3.94. The van der Waals surface area contributed by atoms with Gasteiger partial charge in [-0.25, -0.2) is 4.98 Å². The van der Waals surface area contributed by atoms with Gasteiger partial charge >= 0.3 is 0 Å². The van der Waals surface area contributed by atoms with Crippen molar-refractivity contribution in [2.24, 2.45) is 0 Å². The zero-order valence-corrected chi connectivity index (χ0v) is 16.8. The maximum Gasteiger partial charge on any atom is 0.255 e. The largest absolute Gasteiger partial charge is 0.472 e. The molecule has 0 radical (unpaired) electrons. The molecule has 0 N–H and O–H groups in total. The number of amides is 1. The Kier molecular flexibility index (Phi) is 5.42. The zero-order chi connectivity index (χ0) is 20.3. The minimum Gasteiger partial charge on any atom is -0.472 e. The summed E-state index contributed by atoms with van der Waals surface area (Å²) in [5.74, 6) is 2.16. The summed E-state index contributed by atoms with van der Waals surface area (Å²) in [6.45, 7) is 5.49. The Bertz CT molecular complexity index is 890. The van der Waals surface area contributed by atoms with E-state index >= 15 is 0 Å². The first-order chi connectivity index (χ1) is 14.7. The zero-order valence-electron chi connectivity index (χ0n) is 16.8. The molecule has 0 bridgehead atoms. The first-order valence-corrected chi connectivity index (χ1v) is 10.4. The molecular formula is C22H25N3O5. The second-order valence-electron chi connectivity index (χ2n) is 7.74. The molecule has 2 fully saturated rings. The van der Waals surface area contributed by atoms with Crippen LogP contribution >= 0.6 is 0 Å². The van der Waals surface area contributed by atoms with E-state index in [-0.39, 0.29) is 18.8 Å². The number of carbonyl (C=O) groups is 1. The monoisotopic (exact) mass is 411 g/mol. The van der Waals surface area contributed by atoms with Crippen molar-refractivity contribution in [2.75, 3.05) is 46.2 Å². The number of ether oxygens (including phenoxy) is 4. The molecular weight excluding hydrogens is 386 g/mol. The highest BCUT2D eigenvalue weighted by Gasteiger charge is 2.24. The molecule has 5 rings (SSSR count). The number of fused-ring (bicyclic) bond motifs is 1. The smallest absolute Gasteiger partial charge is 0.255 e. The van der Waals surface area contributed by atoms with Gasteiger partial charge in [-0.2, -0.15) is 0 Å². The standard InChI is InChI=1S/C22H25N3O5/c26-22(17-2-4-21(23-12-17)30-18-5-10-27-14-18)25-8-6-24(7-9-25)13-16-1-3-19-20(11-16)29-15-28-19/h1-4,11-12,18H,5-10,13-15H2. The summed E-state index contributed by atoms with van der Waals surface area (Å²) in [6.07, 6.45) is 2.53. The topological polar surface area (TPSA) is 73.4 Å². The van der Waals surface area contributed by atoms with Gasteiger partial charge in [0, 0.05) is 51.4 Å². The molecule has 3 aliphatic rings. The molecule has 2 saturated heterocycles. The number of aromatic nitrogens is 1. The van der Waals surface area contributed by atoms with E-state index in [1.165, 1.54) is 5.56 Å². The Morgan fingerprint density at radius 2 is 1.97 bits per heavy atom. The van der Waals surface area contributed by atoms with Crippen molar-refractivity contribution in [1.82, 2.24) is 14.8 Å². The van der Waals surface area contributed by atoms with Crippen molar-refractivity contribution < 1.29 is 23.7 Å². The van der Waals surface area contributed by atoms with Gasteiger partial charge in [0.1, 0.15) is 6.10 Å². The summed E-state index contributed by atoms with van der Waals surface area (Å²) < 4.78 is 21.9. The number of rotatable bonds is 5. The van der Waals surface area contributed by atoms with Crippen LogP contribution in [0.1, 0.15) is 22.3 Å². The summed E-state index contributed by atoms with van der Waals surface area (Å²) >= 11 is 0. The van der Waals surface area contributed by atoms with E-state index in [9.17, 15) is 4.79 Å². The van der Waals surface area contributed by atoms with Crippen molar-refractivity contribution in [3.8, 4) is 17.4 Å². The van der Waals surface area contributed by atoms with Gasteiger partial charge in [-0.1, -0.05) is 6.07 Å². The highest BCUT2D eigenvalue weighted by atomic mass is 16.7. The maximum atomic E-state index is 12.8. The molecule has 1 aromatic carbocycles. The molecule has 8 heteroatoms. The van der Waals surface area contributed by atoms with Crippen LogP contribution in [0, 0.1) is 0 Å². The lowest BCUT2D eigenvalue weighted by Crippen LogP contribution is -2.48. The van der Waals surface area contributed by atoms with Crippen LogP contribution in [0.15, 0.2) is 36.5 Å². The molecule has 30 heavy (non-hydrogen) atoms. The molecule has 4 heterocycles. The van der Waals surface area contributed by atoms with Crippen molar-refractivity contribution >= 4 is 5.91 Å². The minimum absolute atomic E-state index is 0.0148. The molecule has 1 aromatic heterocycles. The highest BCUT2D eigenvalue weighted by molar-refractivity contribution is 5.94. The lowest BCUT2D eigenvalue weighted by atomic mass is 10.1. The number of hydrogen-bond donors (Lipinski definition) is 0. The van der Waals surface area contributed by atoms with E-state index in [0.29, 0.717) is 31.1 Å². The lowest BCUT2D eigenvalue weighted by molar-refractivity contribution is 0.0628. The van der Waals surface area contributed by atoms with Crippen LogP contribution in [0.3, 0.4) is 0 Å². The van der Waals surface area contributed by atoms with E-state index in [4.69, 9.17) is 18.9 Å². The van der Waals surface area contributed by atoms with Crippen molar-refractivity contribution in [3.05, 3.63) is 47.7 Å². The number of benzene rings is 1. The Morgan fingerprint density at radius 3 is 2.73 bits per heavy atom. The Labute approximate surface area is 175 Å². The van der Waals surface area contributed by atoms with Crippen LogP contribution in [-0.2, 0) is 11.3 Å². The predicted octanol–water partition coefficient (Wildman–Crippen LogP) is 1.94. The van der Waals surface area contributed by atoms with Gasteiger partial charge in [0.2, 0.25) is 12.7 Å². The molecule has 1 unspecified atom stereocenters. The molecule has 0 saturated carbocycles. The number of hydrogen-bond acceptors (Lipinski definition) is 7. The summed E-state index contributed by atoms with van der Waals surface area (Å²) in [5.41, 5.74) is 1.78. The lowest BCUT2D eigenvalue weighted by Gasteiger charge is -2.34. The van der Waals surface area contributed by atoms with Crippen LogP contribution < -0.4 is 14.2 Å². The van der Waals surface area contributed by atoms with Gasteiger partial charge in [-0.05, 0) is 23.8 Å². The first-order valence-electron chi connectivity index (χ1n) is 10.4. The molecule has 2 aromatic rings. The molecule has 0 aliphatic carbocycles. The molecule has 158 valence electrons. The van der Waals surface area contributed by atoms with E-state index in [2.05, 4.69) is 16.0 Å². The predicted molar refractivity (Wildman–Crippen MR) is 108 cm³/mol. The fourth-order valence-corrected chi connectivity index (χ4v) is 3.94. The quantitative estimate of drug-likeness (QED) is 0.744. The van der Waals surface area contributed by atoms with Crippen LogP contribution in [0.4, 0.5) is 0 Å². The van der Waals surface area contributed by atoms with E-state index in [1.807, 2.05) is 17.0 Å². The molecule has 8 nitrogen and oxygen atoms in total.